The van der Waals surface area contributed by atoms with Gasteiger partial charge in [-0.15, -0.1) is 0 Å². The molecule has 0 radical (unpaired) electrons. The number of hydrogen-bond acceptors (Lipinski definition) is 4. The molecule has 1 aliphatic rings. The molecule has 6 nitrogen and oxygen atoms in total. The molecule has 25 heavy (non-hydrogen) atoms. The third kappa shape index (κ3) is 3.52. The van der Waals surface area contributed by atoms with Gasteiger partial charge in [-0.05, 0) is 52.2 Å². The predicted octanol–water partition coefficient (Wildman–Crippen LogP) is 2.91. The van der Waals surface area contributed by atoms with Crippen LogP contribution in [0.1, 0.15) is 61.3 Å². The Morgan fingerprint density at radius 2 is 2.12 bits per heavy atom. The van der Waals surface area contributed by atoms with E-state index in [-0.39, 0.29) is 17.5 Å². The molecule has 0 unspecified atom stereocenters. The SMILES string of the molecule is CN(C)c1cc(C(=O)N[C@@H]2CCCc3c2cnn3C(C)(C)C)ccn1. The fourth-order valence-electron chi connectivity index (χ4n) is 3.33. The number of nitrogens with zero attached hydrogens (tertiary/aromatic N) is 4. The third-order valence-corrected chi connectivity index (χ3v) is 4.59. The molecule has 1 N–H and O–H groups in total. The number of hydrogen-bond donors (Lipinski definition) is 1. The molecule has 6 heteroatoms. The lowest BCUT2D eigenvalue weighted by Crippen LogP contribution is -2.32. The van der Waals surface area contributed by atoms with Gasteiger partial charge in [-0.3, -0.25) is 9.48 Å². The molecule has 134 valence electrons. The van der Waals surface area contributed by atoms with E-state index < -0.39 is 0 Å². The molecule has 2 aromatic heterocycles. The van der Waals surface area contributed by atoms with E-state index >= 15 is 0 Å². The molecular formula is C19H27N5O. The van der Waals surface area contributed by atoms with Crippen molar-refractivity contribution in [2.45, 2.75) is 51.6 Å². The normalized spacial score (nSPS) is 17.1. The van der Waals surface area contributed by atoms with Crippen LogP contribution in [-0.4, -0.2) is 34.8 Å². The fourth-order valence-corrected chi connectivity index (χ4v) is 3.33. The van der Waals surface area contributed by atoms with Crippen molar-refractivity contribution in [3.63, 3.8) is 0 Å². The van der Waals surface area contributed by atoms with E-state index in [1.54, 1.807) is 12.3 Å². The first-order chi connectivity index (χ1) is 11.8. The molecule has 1 amide bonds. The van der Waals surface area contributed by atoms with Gasteiger partial charge in [-0.2, -0.15) is 5.10 Å². The van der Waals surface area contributed by atoms with Crippen LogP contribution in [0, 0.1) is 0 Å². The molecule has 0 bridgehead atoms. The smallest absolute Gasteiger partial charge is 0.251 e. The van der Waals surface area contributed by atoms with Gasteiger partial charge < -0.3 is 10.2 Å². The second-order valence-electron chi connectivity index (χ2n) is 7.84. The van der Waals surface area contributed by atoms with Crippen LogP contribution in [0.5, 0.6) is 0 Å². The monoisotopic (exact) mass is 341 g/mol. The van der Waals surface area contributed by atoms with E-state index in [4.69, 9.17) is 0 Å². The van der Waals surface area contributed by atoms with Gasteiger partial charge in [0.05, 0.1) is 17.8 Å². The zero-order chi connectivity index (χ0) is 18.2. The first-order valence-electron chi connectivity index (χ1n) is 8.79. The van der Waals surface area contributed by atoms with Crippen molar-refractivity contribution in [1.82, 2.24) is 20.1 Å². The third-order valence-electron chi connectivity index (χ3n) is 4.59. The highest BCUT2D eigenvalue weighted by molar-refractivity contribution is 5.95. The van der Waals surface area contributed by atoms with Gasteiger partial charge in [0.2, 0.25) is 0 Å². The summed E-state index contributed by atoms with van der Waals surface area (Å²) >= 11 is 0. The van der Waals surface area contributed by atoms with Crippen molar-refractivity contribution in [3.8, 4) is 0 Å². The molecule has 0 fully saturated rings. The van der Waals surface area contributed by atoms with E-state index in [1.807, 2.05) is 31.3 Å². The van der Waals surface area contributed by atoms with Crippen LogP contribution in [0.3, 0.4) is 0 Å². The summed E-state index contributed by atoms with van der Waals surface area (Å²) in [5.74, 6) is 0.712. The summed E-state index contributed by atoms with van der Waals surface area (Å²) in [6.45, 7) is 6.46. The summed E-state index contributed by atoms with van der Waals surface area (Å²) < 4.78 is 2.09. The lowest BCUT2D eigenvalue weighted by Gasteiger charge is -2.28. The molecule has 0 aliphatic heterocycles. The van der Waals surface area contributed by atoms with Crippen molar-refractivity contribution >= 4 is 11.7 Å². The quantitative estimate of drug-likeness (QED) is 0.932. The summed E-state index contributed by atoms with van der Waals surface area (Å²) in [6, 6.07) is 3.59. The van der Waals surface area contributed by atoms with Crippen LogP contribution in [-0.2, 0) is 12.0 Å². The summed E-state index contributed by atoms with van der Waals surface area (Å²) in [5.41, 5.74) is 2.98. The Morgan fingerprint density at radius 3 is 2.80 bits per heavy atom. The Kier molecular flexibility index (Phi) is 4.54. The maximum Gasteiger partial charge on any atom is 0.251 e. The number of nitrogens with one attached hydrogen (secondary N) is 1. The number of carbonyl (C=O) groups excluding carboxylic acids is 1. The largest absolute Gasteiger partial charge is 0.363 e. The lowest BCUT2D eigenvalue weighted by atomic mass is 9.92. The van der Waals surface area contributed by atoms with Crippen LogP contribution >= 0.6 is 0 Å². The highest BCUT2D eigenvalue weighted by atomic mass is 16.1. The Hall–Kier alpha value is -2.37. The van der Waals surface area contributed by atoms with Gasteiger partial charge in [0.1, 0.15) is 5.82 Å². The first kappa shape index (κ1) is 17.5. The standard InChI is InChI=1S/C19H27N5O/c1-19(2,3)24-16-8-6-7-15(14(16)12-21-24)22-18(25)13-9-10-20-17(11-13)23(4)5/h9-12,15H,6-8H2,1-5H3,(H,22,25)/t15-/m1/s1. The van der Waals surface area contributed by atoms with E-state index in [0.29, 0.717) is 5.56 Å². The van der Waals surface area contributed by atoms with Gasteiger partial charge in [0.15, 0.2) is 0 Å². The van der Waals surface area contributed by atoms with E-state index in [2.05, 4.69) is 40.9 Å². The first-order valence-corrected chi connectivity index (χ1v) is 8.79. The van der Waals surface area contributed by atoms with Crippen LogP contribution < -0.4 is 10.2 Å². The highest BCUT2D eigenvalue weighted by Gasteiger charge is 2.29. The van der Waals surface area contributed by atoms with Crippen LogP contribution in [0.15, 0.2) is 24.5 Å². The van der Waals surface area contributed by atoms with Crippen molar-refractivity contribution in [2.24, 2.45) is 0 Å². The molecule has 2 heterocycles. The lowest BCUT2D eigenvalue weighted by molar-refractivity contribution is 0.0932. The molecule has 0 saturated heterocycles. The van der Waals surface area contributed by atoms with Gasteiger partial charge in [0.25, 0.3) is 5.91 Å². The minimum absolute atomic E-state index is 0.0170. The highest BCUT2D eigenvalue weighted by Crippen LogP contribution is 2.32. The Morgan fingerprint density at radius 1 is 1.36 bits per heavy atom. The fraction of sp³-hybridized carbons (Fsp3) is 0.526. The molecular weight excluding hydrogens is 314 g/mol. The molecule has 0 spiro atoms. The maximum absolute atomic E-state index is 12.7. The maximum atomic E-state index is 12.7. The molecule has 1 atom stereocenters. The van der Waals surface area contributed by atoms with E-state index in [1.165, 1.54) is 5.69 Å². The summed E-state index contributed by atoms with van der Waals surface area (Å²) in [6.07, 6.45) is 6.61. The van der Waals surface area contributed by atoms with Gasteiger partial charge in [0, 0.05) is 37.1 Å². The average molecular weight is 341 g/mol. The molecule has 1 aliphatic carbocycles. The topological polar surface area (TPSA) is 63.1 Å². The van der Waals surface area contributed by atoms with E-state index in [9.17, 15) is 4.79 Å². The molecule has 3 rings (SSSR count). The number of anilines is 1. The summed E-state index contributed by atoms with van der Waals surface area (Å²) in [5, 5.41) is 7.77. The Bertz CT molecular complexity index is 772. The van der Waals surface area contributed by atoms with Crippen LogP contribution in [0.4, 0.5) is 5.82 Å². The predicted molar refractivity (Wildman–Crippen MR) is 98.9 cm³/mol. The molecule has 0 saturated carbocycles. The number of aromatic nitrogens is 3. The van der Waals surface area contributed by atoms with Gasteiger partial charge >= 0.3 is 0 Å². The minimum Gasteiger partial charge on any atom is -0.363 e. The van der Waals surface area contributed by atoms with Crippen LogP contribution in [0.25, 0.3) is 0 Å². The number of amides is 1. The minimum atomic E-state index is -0.0631. The summed E-state index contributed by atoms with van der Waals surface area (Å²) in [7, 11) is 3.83. The van der Waals surface area contributed by atoms with Crippen molar-refractivity contribution in [2.75, 3.05) is 19.0 Å². The van der Waals surface area contributed by atoms with Crippen molar-refractivity contribution < 1.29 is 4.79 Å². The number of rotatable bonds is 3. The number of fused-ring (bicyclic) bond motifs is 1. The zero-order valence-electron chi connectivity index (χ0n) is 15.7. The Balaban J connectivity index is 1.82. The second kappa shape index (κ2) is 6.50. The Labute approximate surface area is 149 Å². The molecule has 2 aromatic rings. The van der Waals surface area contributed by atoms with E-state index in [0.717, 1.165) is 30.6 Å². The van der Waals surface area contributed by atoms with Gasteiger partial charge in [-0.1, -0.05) is 0 Å². The number of carbonyl (C=O) groups is 1. The van der Waals surface area contributed by atoms with Gasteiger partial charge in [-0.25, -0.2) is 4.98 Å². The second-order valence-corrected chi connectivity index (χ2v) is 7.84. The molecule has 0 aromatic carbocycles. The number of pyridine rings is 1. The van der Waals surface area contributed by atoms with Crippen molar-refractivity contribution in [3.05, 3.63) is 41.3 Å². The summed E-state index contributed by atoms with van der Waals surface area (Å²) in [4.78, 5) is 18.9. The zero-order valence-corrected chi connectivity index (χ0v) is 15.7. The van der Waals surface area contributed by atoms with Crippen LogP contribution in [0.2, 0.25) is 0 Å². The average Bonchev–Trinajstić information content (AvgIpc) is 3.00. The van der Waals surface area contributed by atoms with Crippen molar-refractivity contribution in [1.29, 1.82) is 0 Å².